The van der Waals surface area contributed by atoms with Crippen molar-refractivity contribution < 1.29 is 4.79 Å². The maximum atomic E-state index is 11.2. The minimum absolute atomic E-state index is 0.0382. The van der Waals surface area contributed by atoms with Gasteiger partial charge in [0, 0.05) is 60.6 Å². The number of hydrogen-bond donors (Lipinski definition) is 3. The summed E-state index contributed by atoms with van der Waals surface area (Å²) in [5, 5.41) is 7.42. The van der Waals surface area contributed by atoms with Crippen molar-refractivity contribution in [3.63, 3.8) is 0 Å². The van der Waals surface area contributed by atoms with Crippen LogP contribution in [-0.2, 0) is 4.79 Å². The van der Waals surface area contributed by atoms with Crippen molar-refractivity contribution in [1.29, 1.82) is 5.41 Å². The fourth-order valence-corrected chi connectivity index (χ4v) is 2.51. The number of piperidine rings is 1. The standard InChI is InChI=1S/C14H19N5O/c15-7-11(8-16)12-9-18-4-1-13(12)19-5-2-10(3-6-19)14(17)20/h1,4,7-10,15H,2-3,5-6,16H2,(H2,17,20)/b11-8+,15-7?. The van der Waals surface area contributed by atoms with Crippen LogP contribution in [0.15, 0.2) is 24.7 Å². The number of nitrogens with one attached hydrogen (secondary N) is 1. The summed E-state index contributed by atoms with van der Waals surface area (Å²) in [5.41, 5.74) is 13.4. The largest absolute Gasteiger partial charge is 0.404 e. The number of primary amides is 1. The fourth-order valence-electron chi connectivity index (χ4n) is 2.51. The number of hydrogen-bond acceptors (Lipinski definition) is 5. The molecule has 1 saturated heterocycles. The average Bonchev–Trinajstić information content (AvgIpc) is 2.49. The average molecular weight is 273 g/mol. The lowest BCUT2D eigenvalue weighted by atomic mass is 9.95. The summed E-state index contributed by atoms with van der Waals surface area (Å²) < 4.78 is 0. The van der Waals surface area contributed by atoms with Crippen molar-refractivity contribution in [2.45, 2.75) is 12.8 Å². The molecule has 1 fully saturated rings. The first-order chi connectivity index (χ1) is 9.67. The van der Waals surface area contributed by atoms with E-state index in [1.807, 2.05) is 6.07 Å². The molecule has 1 aliphatic heterocycles. The van der Waals surface area contributed by atoms with Crippen LogP contribution in [0.25, 0.3) is 5.57 Å². The van der Waals surface area contributed by atoms with Gasteiger partial charge >= 0.3 is 0 Å². The molecule has 6 heteroatoms. The quantitative estimate of drug-likeness (QED) is 0.702. The van der Waals surface area contributed by atoms with Crippen molar-refractivity contribution >= 4 is 23.4 Å². The van der Waals surface area contributed by atoms with Gasteiger partial charge in [0.25, 0.3) is 0 Å². The number of allylic oxidation sites excluding steroid dienone is 1. The predicted molar refractivity (Wildman–Crippen MR) is 79.3 cm³/mol. The minimum Gasteiger partial charge on any atom is -0.404 e. The first-order valence-corrected chi connectivity index (χ1v) is 6.58. The molecule has 0 bridgehead atoms. The van der Waals surface area contributed by atoms with Crippen LogP contribution < -0.4 is 16.4 Å². The molecule has 1 aromatic rings. The lowest BCUT2D eigenvalue weighted by molar-refractivity contribution is -0.122. The molecule has 5 N–H and O–H groups in total. The van der Waals surface area contributed by atoms with Gasteiger partial charge in [-0.2, -0.15) is 0 Å². The highest BCUT2D eigenvalue weighted by Gasteiger charge is 2.24. The van der Waals surface area contributed by atoms with Gasteiger partial charge in [-0.25, -0.2) is 0 Å². The maximum Gasteiger partial charge on any atom is 0.220 e. The van der Waals surface area contributed by atoms with Crippen LogP contribution in [-0.4, -0.2) is 30.2 Å². The van der Waals surface area contributed by atoms with Gasteiger partial charge in [0.15, 0.2) is 0 Å². The number of pyridine rings is 1. The van der Waals surface area contributed by atoms with Gasteiger partial charge in [-0.3, -0.25) is 9.78 Å². The van der Waals surface area contributed by atoms with E-state index in [0.29, 0.717) is 5.57 Å². The number of carbonyl (C=O) groups is 1. The number of anilines is 1. The van der Waals surface area contributed by atoms with Crippen LogP contribution in [0, 0.1) is 11.3 Å². The lowest BCUT2D eigenvalue weighted by Gasteiger charge is -2.33. The molecule has 1 amide bonds. The molecule has 0 radical (unpaired) electrons. The van der Waals surface area contributed by atoms with E-state index < -0.39 is 0 Å². The van der Waals surface area contributed by atoms with E-state index in [4.69, 9.17) is 16.9 Å². The first kappa shape index (κ1) is 14.0. The maximum absolute atomic E-state index is 11.2. The van der Waals surface area contributed by atoms with E-state index in [1.54, 1.807) is 12.4 Å². The zero-order chi connectivity index (χ0) is 14.5. The van der Waals surface area contributed by atoms with Gasteiger partial charge in [0.2, 0.25) is 5.91 Å². The Bertz CT molecular complexity index is 532. The molecule has 2 heterocycles. The summed E-state index contributed by atoms with van der Waals surface area (Å²) in [6, 6.07) is 1.91. The minimum atomic E-state index is -0.221. The van der Waals surface area contributed by atoms with Gasteiger partial charge in [0.1, 0.15) is 0 Å². The van der Waals surface area contributed by atoms with Gasteiger partial charge in [-0.15, -0.1) is 0 Å². The molecule has 0 aliphatic carbocycles. The van der Waals surface area contributed by atoms with Crippen molar-refractivity contribution in [3.8, 4) is 0 Å². The van der Waals surface area contributed by atoms with Crippen LogP contribution in [0.4, 0.5) is 5.69 Å². The lowest BCUT2D eigenvalue weighted by Crippen LogP contribution is -2.38. The van der Waals surface area contributed by atoms with Gasteiger partial charge in [-0.05, 0) is 18.9 Å². The molecule has 20 heavy (non-hydrogen) atoms. The Hall–Kier alpha value is -2.37. The highest BCUT2D eigenvalue weighted by Crippen LogP contribution is 2.28. The van der Waals surface area contributed by atoms with E-state index in [1.165, 1.54) is 12.4 Å². The third-order valence-corrected chi connectivity index (χ3v) is 3.68. The van der Waals surface area contributed by atoms with Crippen LogP contribution in [0.5, 0.6) is 0 Å². The highest BCUT2D eigenvalue weighted by atomic mass is 16.1. The van der Waals surface area contributed by atoms with Gasteiger partial charge in [0.05, 0.1) is 0 Å². The Labute approximate surface area is 118 Å². The Morgan fingerprint density at radius 2 is 2.15 bits per heavy atom. The molecule has 0 aromatic carbocycles. The molecule has 1 aromatic heterocycles. The highest BCUT2D eigenvalue weighted by molar-refractivity contribution is 6.10. The Balaban J connectivity index is 2.22. The van der Waals surface area contributed by atoms with Crippen molar-refractivity contribution in [2.75, 3.05) is 18.0 Å². The number of aromatic nitrogens is 1. The van der Waals surface area contributed by atoms with Crippen molar-refractivity contribution in [1.82, 2.24) is 4.98 Å². The summed E-state index contributed by atoms with van der Waals surface area (Å²) in [6.45, 7) is 1.53. The molecule has 0 atom stereocenters. The molecule has 0 unspecified atom stereocenters. The number of amides is 1. The van der Waals surface area contributed by atoms with Crippen LogP contribution in [0.3, 0.4) is 0 Å². The summed E-state index contributed by atoms with van der Waals surface area (Å²) in [7, 11) is 0. The molecule has 0 saturated carbocycles. The third-order valence-electron chi connectivity index (χ3n) is 3.68. The second kappa shape index (κ2) is 6.18. The van der Waals surface area contributed by atoms with Gasteiger partial charge in [-0.1, -0.05) is 0 Å². The smallest absolute Gasteiger partial charge is 0.220 e. The van der Waals surface area contributed by atoms with E-state index in [-0.39, 0.29) is 11.8 Å². The zero-order valence-electron chi connectivity index (χ0n) is 11.2. The zero-order valence-corrected chi connectivity index (χ0v) is 11.2. The second-order valence-corrected chi connectivity index (χ2v) is 4.82. The van der Waals surface area contributed by atoms with E-state index in [2.05, 4.69) is 9.88 Å². The summed E-state index contributed by atoms with van der Waals surface area (Å²) in [6.07, 6.45) is 7.56. The number of nitrogens with two attached hydrogens (primary N) is 2. The molecular formula is C14H19N5O. The number of nitrogens with zero attached hydrogens (tertiary/aromatic N) is 2. The third kappa shape index (κ3) is 2.79. The normalized spacial score (nSPS) is 17.0. The molecule has 0 spiro atoms. The monoisotopic (exact) mass is 273 g/mol. The molecule has 2 rings (SSSR count). The topological polar surface area (TPSA) is 109 Å². The van der Waals surface area contributed by atoms with Crippen LogP contribution >= 0.6 is 0 Å². The van der Waals surface area contributed by atoms with E-state index in [0.717, 1.165) is 37.2 Å². The Morgan fingerprint density at radius 1 is 1.45 bits per heavy atom. The SMILES string of the molecule is N=C/C(=C\N)c1cnccc1N1CCC(C(N)=O)CC1. The molecule has 6 nitrogen and oxygen atoms in total. The predicted octanol–water partition coefficient (Wildman–Crippen LogP) is 0.732. The molecular weight excluding hydrogens is 254 g/mol. The van der Waals surface area contributed by atoms with Gasteiger partial charge < -0.3 is 21.8 Å². The number of rotatable bonds is 4. The summed E-state index contributed by atoms with van der Waals surface area (Å²) >= 11 is 0. The first-order valence-electron chi connectivity index (χ1n) is 6.58. The Kier molecular flexibility index (Phi) is 4.34. The number of carbonyl (C=O) groups excluding carboxylic acids is 1. The second-order valence-electron chi connectivity index (χ2n) is 4.82. The Morgan fingerprint density at radius 3 is 2.70 bits per heavy atom. The van der Waals surface area contributed by atoms with E-state index >= 15 is 0 Å². The summed E-state index contributed by atoms with van der Waals surface area (Å²) in [4.78, 5) is 17.5. The fraction of sp³-hybridized carbons (Fsp3) is 0.357. The molecule has 106 valence electrons. The van der Waals surface area contributed by atoms with Crippen molar-refractivity contribution in [3.05, 3.63) is 30.2 Å². The molecule has 1 aliphatic rings. The van der Waals surface area contributed by atoms with Crippen LogP contribution in [0.2, 0.25) is 0 Å². The summed E-state index contributed by atoms with van der Waals surface area (Å²) in [5.74, 6) is -0.259. The van der Waals surface area contributed by atoms with Crippen molar-refractivity contribution in [2.24, 2.45) is 17.4 Å². The van der Waals surface area contributed by atoms with Crippen LogP contribution in [0.1, 0.15) is 18.4 Å². The van der Waals surface area contributed by atoms with E-state index in [9.17, 15) is 4.79 Å².